The second kappa shape index (κ2) is 15.7. The van der Waals surface area contributed by atoms with E-state index in [9.17, 15) is 19.0 Å². The highest BCUT2D eigenvalue weighted by atomic mass is 31.2. The standard InChI is InChI=1S/C32H32NO10P/c33-29(32(35)36)22-41-44(37,38)43-28-14-7-9-24(19-28)21-40-31(34)17-16-25-10-4-5-15-30(25)39-20-23-8-6-13-27(18-23)42-26-11-2-1-3-12-26/h1-15,18-19,29H,16-17,20-22,33H2,(H,35,36)(H,37,38)/t29-/m0/s1. The van der Waals surface area contributed by atoms with Gasteiger partial charge in [0.25, 0.3) is 0 Å². The third-order valence-corrected chi connectivity index (χ3v) is 7.01. The van der Waals surface area contributed by atoms with E-state index >= 15 is 0 Å². The number of rotatable bonds is 16. The van der Waals surface area contributed by atoms with Crippen LogP contribution in [0.5, 0.6) is 23.0 Å². The summed E-state index contributed by atoms with van der Waals surface area (Å²) in [6.45, 7) is -0.508. The van der Waals surface area contributed by atoms with Crippen molar-refractivity contribution in [3.63, 3.8) is 0 Å². The maximum Gasteiger partial charge on any atom is 0.527 e. The van der Waals surface area contributed by atoms with Crippen LogP contribution in [0.3, 0.4) is 0 Å². The molecule has 4 rings (SSSR count). The van der Waals surface area contributed by atoms with Gasteiger partial charge in [-0.1, -0.05) is 60.7 Å². The van der Waals surface area contributed by atoms with Gasteiger partial charge in [-0.2, -0.15) is 0 Å². The number of para-hydroxylation sites is 2. The largest absolute Gasteiger partial charge is 0.527 e. The molecule has 0 aliphatic rings. The molecule has 12 heteroatoms. The molecule has 0 saturated heterocycles. The van der Waals surface area contributed by atoms with E-state index in [1.54, 1.807) is 12.1 Å². The van der Waals surface area contributed by atoms with E-state index in [1.807, 2.05) is 78.9 Å². The molecule has 0 aliphatic heterocycles. The Morgan fingerprint density at radius 2 is 1.43 bits per heavy atom. The zero-order valence-electron chi connectivity index (χ0n) is 23.6. The van der Waals surface area contributed by atoms with Gasteiger partial charge in [-0.3, -0.25) is 19.0 Å². The summed E-state index contributed by atoms with van der Waals surface area (Å²) in [7, 11) is -4.63. The van der Waals surface area contributed by atoms with Crippen molar-refractivity contribution in [2.45, 2.75) is 32.1 Å². The number of esters is 1. The van der Waals surface area contributed by atoms with Crippen LogP contribution in [0.1, 0.15) is 23.1 Å². The minimum atomic E-state index is -4.63. The number of carboxylic acids is 1. The third-order valence-electron chi connectivity index (χ3n) is 6.10. The average Bonchev–Trinajstić information content (AvgIpc) is 3.01. The fraction of sp³-hybridized carbons (Fsp3) is 0.188. The van der Waals surface area contributed by atoms with Crippen molar-refractivity contribution in [3.05, 3.63) is 120 Å². The molecule has 0 fully saturated rings. The van der Waals surface area contributed by atoms with Crippen LogP contribution < -0.4 is 19.7 Å². The van der Waals surface area contributed by atoms with Crippen LogP contribution in [0.25, 0.3) is 0 Å². The normalized spacial score (nSPS) is 12.9. The zero-order chi connectivity index (χ0) is 31.4. The Balaban J connectivity index is 1.25. The number of benzene rings is 4. The van der Waals surface area contributed by atoms with E-state index in [1.165, 1.54) is 12.1 Å². The lowest BCUT2D eigenvalue weighted by atomic mass is 10.1. The Labute approximate surface area is 254 Å². The van der Waals surface area contributed by atoms with E-state index in [0.29, 0.717) is 30.1 Å². The zero-order valence-corrected chi connectivity index (χ0v) is 24.5. The number of phosphoric ester groups is 1. The molecule has 44 heavy (non-hydrogen) atoms. The number of carboxylic acid groups (broad SMARTS) is 1. The predicted molar refractivity (Wildman–Crippen MR) is 160 cm³/mol. The summed E-state index contributed by atoms with van der Waals surface area (Å²) in [5, 5.41) is 8.77. The molecule has 0 heterocycles. The van der Waals surface area contributed by atoms with Crippen LogP contribution in [0, 0.1) is 0 Å². The van der Waals surface area contributed by atoms with E-state index in [2.05, 4.69) is 4.52 Å². The monoisotopic (exact) mass is 621 g/mol. The molecule has 11 nitrogen and oxygen atoms in total. The van der Waals surface area contributed by atoms with Crippen molar-refractivity contribution >= 4 is 19.8 Å². The van der Waals surface area contributed by atoms with Crippen molar-refractivity contribution in [2.75, 3.05) is 6.61 Å². The molecule has 0 saturated carbocycles. The topological polar surface area (TPSA) is 164 Å². The van der Waals surface area contributed by atoms with Crippen molar-refractivity contribution in [2.24, 2.45) is 5.73 Å². The molecule has 4 aromatic carbocycles. The highest BCUT2D eigenvalue weighted by Crippen LogP contribution is 2.44. The first-order chi connectivity index (χ1) is 21.2. The van der Waals surface area contributed by atoms with Gasteiger partial charge in [-0.15, -0.1) is 0 Å². The number of hydrogen-bond acceptors (Lipinski definition) is 9. The van der Waals surface area contributed by atoms with E-state index in [0.717, 1.165) is 16.9 Å². The fourth-order valence-electron chi connectivity index (χ4n) is 3.91. The Hall–Kier alpha value is -4.67. The molecule has 4 N–H and O–H groups in total. The second-order valence-electron chi connectivity index (χ2n) is 9.57. The highest BCUT2D eigenvalue weighted by Gasteiger charge is 2.26. The van der Waals surface area contributed by atoms with Gasteiger partial charge in [0.2, 0.25) is 0 Å². The summed E-state index contributed by atoms with van der Waals surface area (Å²) in [5.74, 6) is 0.224. The first-order valence-corrected chi connectivity index (χ1v) is 15.1. The summed E-state index contributed by atoms with van der Waals surface area (Å²) in [5.41, 5.74) is 7.54. The molecule has 230 valence electrons. The molecular weight excluding hydrogens is 589 g/mol. The summed E-state index contributed by atoms with van der Waals surface area (Å²) >= 11 is 0. The number of aliphatic carboxylic acids is 1. The number of hydrogen-bond donors (Lipinski definition) is 3. The van der Waals surface area contributed by atoms with Crippen LogP contribution in [-0.2, 0) is 43.0 Å². The first-order valence-electron chi connectivity index (χ1n) is 13.6. The molecule has 0 aromatic heterocycles. The maximum atomic E-state index is 12.5. The summed E-state index contributed by atoms with van der Waals surface area (Å²) in [6, 6.07) is 29.1. The van der Waals surface area contributed by atoms with Crippen molar-refractivity contribution in [1.82, 2.24) is 0 Å². The van der Waals surface area contributed by atoms with Gasteiger partial charge in [0.1, 0.15) is 42.3 Å². The fourth-order valence-corrected chi connectivity index (χ4v) is 4.69. The maximum absolute atomic E-state index is 12.5. The molecule has 0 amide bonds. The SMILES string of the molecule is N[C@@H](COP(=O)(O)Oc1cccc(COC(=O)CCc2ccccc2OCc2cccc(Oc3ccccc3)c2)c1)C(=O)O. The number of carbonyl (C=O) groups is 2. The first kappa shape index (κ1) is 32.2. The molecule has 0 radical (unpaired) electrons. The summed E-state index contributed by atoms with van der Waals surface area (Å²) < 4.78 is 39.1. The molecule has 0 spiro atoms. The average molecular weight is 622 g/mol. The van der Waals surface area contributed by atoms with Crippen molar-refractivity contribution in [3.8, 4) is 23.0 Å². The summed E-state index contributed by atoms with van der Waals surface area (Å²) in [6.07, 6.45) is 0.485. The molecule has 2 atom stereocenters. The van der Waals surface area contributed by atoms with Crippen molar-refractivity contribution < 1.29 is 47.4 Å². The smallest absolute Gasteiger partial charge is 0.489 e. The second-order valence-corrected chi connectivity index (χ2v) is 10.9. The lowest BCUT2D eigenvalue weighted by Gasteiger charge is -2.15. The van der Waals surface area contributed by atoms with Crippen LogP contribution in [0.4, 0.5) is 0 Å². The van der Waals surface area contributed by atoms with Gasteiger partial charge in [0, 0.05) is 6.42 Å². The number of nitrogens with two attached hydrogens (primary N) is 1. The van der Waals surface area contributed by atoms with Gasteiger partial charge < -0.3 is 29.6 Å². The van der Waals surface area contributed by atoms with Gasteiger partial charge >= 0.3 is 19.8 Å². The number of aryl methyl sites for hydroxylation is 1. The Morgan fingerprint density at radius 3 is 2.18 bits per heavy atom. The third kappa shape index (κ3) is 10.6. The van der Waals surface area contributed by atoms with E-state index in [-0.39, 0.29) is 18.8 Å². The summed E-state index contributed by atoms with van der Waals surface area (Å²) in [4.78, 5) is 33.1. The molecular formula is C32H32NO10P. The Bertz CT molecular complexity index is 1600. The molecule has 1 unspecified atom stereocenters. The van der Waals surface area contributed by atoms with Gasteiger partial charge in [0.15, 0.2) is 0 Å². The Kier molecular flexibility index (Phi) is 11.5. The molecule has 0 aliphatic carbocycles. The number of carbonyl (C=O) groups excluding carboxylic acids is 1. The number of ether oxygens (including phenoxy) is 3. The van der Waals surface area contributed by atoms with Gasteiger partial charge in [0.05, 0.1) is 6.61 Å². The minimum Gasteiger partial charge on any atom is -0.489 e. The van der Waals surface area contributed by atoms with E-state index < -0.39 is 32.4 Å². The van der Waals surface area contributed by atoms with E-state index in [4.69, 9.17) is 29.6 Å². The lowest BCUT2D eigenvalue weighted by molar-refractivity contribution is -0.145. The highest BCUT2D eigenvalue weighted by molar-refractivity contribution is 7.47. The molecule has 4 aromatic rings. The van der Waals surface area contributed by atoms with Crippen molar-refractivity contribution in [1.29, 1.82) is 0 Å². The van der Waals surface area contributed by atoms with Crippen LogP contribution >= 0.6 is 7.82 Å². The van der Waals surface area contributed by atoms with Crippen LogP contribution in [0.2, 0.25) is 0 Å². The van der Waals surface area contributed by atoms with Crippen LogP contribution in [0.15, 0.2) is 103 Å². The lowest BCUT2D eigenvalue weighted by Crippen LogP contribution is -2.34. The predicted octanol–water partition coefficient (Wildman–Crippen LogP) is 5.64. The number of phosphoric acid groups is 1. The Morgan fingerprint density at radius 1 is 0.795 bits per heavy atom. The van der Waals surface area contributed by atoms with Gasteiger partial charge in [-0.25, -0.2) is 4.57 Å². The minimum absolute atomic E-state index is 0.0310. The van der Waals surface area contributed by atoms with Crippen LogP contribution in [-0.4, -0.2) is 34.6 Å². The van der Waals surface area contributed by atoms with Gasteiger partial charge in [-0.05, 0) is 65.6 Å². The quantitative estimate of drug-likeness (QED) is 0.105. The molecule has 0 bridgehead atoms.